The first-order valence-corrected chi connectivity index (χ1v) is 7.96. The Bertz CT molecular complexity index is 866. The zero-order valence-electron chi connectivity index (χ0n) is 13.8. The minimum Gasteiger partial charge on any atom is -0.415 e. The SMILES string of the molecule is Cc1cccc(-c2nnc(/C(Cl)=C/c3ccc(N(C)C)cc3)o2)c1. The highest BCUT2D eigenvalue weighted by Crippen LogP contribution is 2.26. The Morgan fingerprint density at radius 2 is 1.83 bits per heavy atom. The standard InChI is InChI=1S/C19H18ClN3O/c1-13-5-4-6-15(11-13)18-21-22-19(24-18)17(20)12-14-7-9-16(10-8-14)23(2)3/h4-12H,1-3H3/b17-12-. The van der Waals surface area contributed by atoms with Gasteiger partial charge in [0.05, 0.1) is 0 Å². The third kappa shape index (κ3) is 3.66. The first kappa shape index (κ1) is 16.3. The number of hydrogen-bond donors (Lipinski definition) is 0. The molecule has 0 atom stereocenters. The summed E-state index contributed by atoms with van der Waals surface area (Å²) < 4.78 is 5.69. The van der Waals surface area contributed by atoms with E-state index in [1.54, 1.807) is 0 Å². The monoisotopic (exact) mass is 339 g/mol. The molecule has 0 saturated heterocycles. The third-order valence-corrected chi connectivity index (χ3v) is 3.87. The van der Waals surface area contributed by atoms with Gasteiger partial charge in [-0.1, -0.05) is 41.4 Å². The summed E-state index contributed by atoms with van der Waals surface area (Å²) in [6, 6.07) is 16.0. The topological polar surface area (TPSA) is 42.2 Å². The fraction of sp³-hybridized carbons (Fsp3) is 0.158. The summed E-state index contributed by atoms with van der Waals surface area (Å²) in [6.07, 6.45) is 1.81. The Balaban J connectivity index is 1.83. The molecule has 4 nitrogen and oxygen atoms in total. The van der Waals surface area contributed by atoms with Crippen molar-refractivity contribution < 1.29 is 4.42 Å². The van der Waals surface area contributed by atoms with Crippen molar-refractivity contribution in [2.75, 3.05) is 19.0 Å². The molecule has 0 aliphatic carbocycles. The van der Waals surface area contributed by atoms with E-state index < -0.39 is 0 Å². The molecule has 0 saturated carbocycles. The molecule has 0 aliphatic rings. The fourth-order valence-corrected chi connectivity index (χ4v) is 2.49. The molecule has 0 N–H and O–H groups in total. The van der Waals surface area contributed by atoms with Crippen molar-refractivity contribution in [3.63, 3.8) is 0 Å². The number of aryl methyl sites for hydroxylation is 1. The van der Waals surface area contributed by atoms with E-state index in [4.69, 9.17) is 16.0 Å². The van der Waals surface area contributed by atoms with E-state index in [-0.39, 0.29) is 0 Å². The quantitative estimate of drug-likeness (QED) is 0.681. The summed E-state index contributed by atoms with van der Waals surface area (Å²) in [5, 5.41) is 8.53. The summed E-state index contributed by atoms with van der Waals surface area (Å²) in [7, 11) is 4.01. The van der Waals surface area contributed by atoms with E-state index in [2.05, 4.69) is 10.2 Å². The van der Waals surface area contributed by atoms with Crippen molar-refractivity contribution in [2.24, 2.45) is 0 Å². The molecule has 1 heterocycles. The van der Waals surface area contributed by atoms with Crippen LogP contribution in [0.15, 0.2) is 52.9 Å². The number of nitrogens with zero attached hydrogens (tertiary/aromatic N) is 3. The molecule has 0 spiro atoms. The number of rotatable bonds is 4. The molecule has 0 radical (unpaired) electrons. The van der Waals surface area contributed by atoms with Gasteiger partial charge >= 0.3 is 0 Å². The summed E-state index contributed by atoms with van der Waals surface area (Å²) in [5.74, 6) is 0.771. The molecule has 0 bridgehead atoms. The van der Waals surface area contributed by atoms with Crippen molar-refractivity contribution in [3.8, 4) is 11.5 Å². The Morgan fingerprint density at radius 3 is 2.50 bits per heavy atom. The predicted octanol–water partition coefficient (Wildman–Crippen LogP) is 4.85. The van der Waals surface area contributed by atoms with Crippen molar-refractivity contribution in [1.29, 1.82) is 0 Å². The van der Waals surface area contributed by atoms with Gasteiger partial charge in [-0.3, -0.25) is 0 Å². The number of anilines is 1. The second-order valence-corrected chi connectivity index (χ2v) is 6.17. The lowest BCUT2D eigenvalue weighted by Crippen LogP contribution is -2.07. The number of halogens is 1. The summed E-state index contributed by atoms with van der Waals surface area (Å²) in [4.78, 5) is 2.04. The molecule has 5 heteroatoms. The molecule has 3 aromatic rings. The maximum Gasteiger partial charge on any atom is 0.259 e. The predicted molar refractivity (Wildman–Crippen MR) is 99.0 cm³/mol. The first-order chi connectivity index (χ1) is 11.5. The smallest absolute Gasteiger partial charge is 0.259 e. The molecule has 0 aliphatic heterocycles. The van der Waals surface area contributed by atoms with E-state index in [1.807, 2.05) is 80.5 Å². The largest absolute Gasteiger partial charge is 0.415 e. The Labute approximate surface area is 146 Å². The minimum atomic E-state index is 0.310. The molecule has 0 fully saturated rings. The Kier molecular flexibility index (Phi) is 4.67. The van der Waals surface area contributed by atoms with Gasteiger partial charge in [-0.15, -0.1) is 10.2 Å². The van der Waals surface area contributed by atoms with Gasteiger partial charge in [0.25, 0.3) is 5.89 Å². The van der Waals surface area contributed by atoms with Crippen molar-refractivity contribution in [3.05, 3.63) is 65.5 Å². The fourth-order valence-electron chi connectivity index (χ4n) is 2.29. The van der Waals surface area contributed by atoms with Crippen LogP contribution in [0.4, 0.5) is 5.69 Å². The van der Waals surface area contributed by atoms with Gasteiger partial charge in [0, 0.05) is 25.3 Å². The number of benzene rings is 2. The van der Waals surface area contributed by atoms with E-state index in [0.29, 0.717) is 16.8 Å². The second-order valence-electron chi connectivity index (χ2n) is 5.76. The van der Waals surface area contributed by atoms with Crippen LogP contribution >= 0.6 is 11.6 Å². The second kappa shape index (κ2) is 6.89. The lowest BCUT2D eigenvalue weighted by atomic mass is 10.1. The third-order valence-electron chi connectivity index (χ3n) is 3.60. The van der Waals surface area contributed by atoms with Crippen LogP contribution in [0.5, 0.6) is 0 Å². The van der Waals surface area contributed by atoms with Crippen LogP contribution in [0.3, 0.4) is 0 Å². The van der Waals surface area contributed by atoms with E-state index >= 15 is 0 Å². The van der Waals surface area contributed by atoms with Crippen molar-refractivity contribution in [2.45, 2.75) is 6.92 Å². The lowest BCUT2D eigenvalue weighted by Gasteiger charge is -2.11. The van der Waals surface area contributed by atoms with Crippen LogP contribution in [0, 0.1) is 6.92 Å². The summed E-state index contributed by atoms with van der Waals surface area (Å²) in [6.45, 7) is 2.02. The maximum atomic E-state index is 6.33. The minimum absolute atomic E-state index is 0.310. The average molecular weight is 340 g/mol. The van der Waals surface area contributed by atoms with E-state index in [0.717, 1.165) is 22.4 Å². The molecule has 0 unspecified atom stereocenters. The van der Waals surface area contributed by atoms with Gasteiger partial charge in [-0.2, -0.15) is 0 Å². The maximum absolute atomic E-state index is 6.33. The van der Waals surface area contributed by atoms with Gasteiger partial charge in [0.1, 0.15) is 5.03 Å². The van der Waals surface area contributed by atoms with Gasteiger partial charge in [-0.05, 0) is 42.8 Å². The Morgan fingerprint density at radius 1 is 1.08 bits per heavy atom. The molecule has 122 valence electrons. The van der Waals surface area contributed by atoms with Crippen molar-refractivity contribution >= 4 is 28.4 Å². The molecule has 2 aromatic carbocycles. The molecule has 1 aromatic heterocycles. The number of hydrogen-bond acceptors (Lipinski definition) is 4. The van der Waals surface area contributed by atoms with Crippen LogP contribution in [0.1, 0.15) is 17.0 Å². The van der Waals surface area contributed by atoms with Gasteiger partial charge in [-0.25, -0.2) is 0 Å². The molecular weight excluding hydrogens is 322 g/mol. The van der Waals surface area contributed by atoms with Gasteiger partial charge in [0.2, 0.25) is 5.89 Å². The Hall–Kier alpha value is -2.59. The van der Waals surface area contributed by atoms with Gasteiger partial charge < -0.3 is 9.32 Å². The van der Waals surface area contributed by atoms with E-state index in [9.17, 15) is 0 Å². The van der Waals surface area contributed by atoms with Crippen molar-refractivity contribution in [1.82, 2.24) is 10.2 Å². The van der Waals surface area contributed by atoms with E-state index in [1.165, 1.54) is 0 Å². The highest BCUT2D eigenvalue weighted by Gasteiger charge is 2.11. The normalized spacial score (nSPS) is 11.6. The van der Waals surface area contributed by atoms with Crippen LogP contribution in [-0.4, -0.2) is 24.3 Å². The van der Waals surface area contributed by atoms with Crippen LogP contribution in [-0.2, 0) is 0 Å². The summed E-state index contributed by atoms with van der Waals surface area (Å²) in [5.41, 5.74) is 4.12. The first-order valence-electron chi connectivity index (χ1n) is 7.58. The lowest BCUT2D eigenvalue weighted by molar-refractivity contribution is 0.556. The average Bonchev–Trinajstić information content (AvgIpc) is 3.05. The molecule has 3 rings (SSSR count). The highest BCUT2D eigenvalue weighted by atomic mass is 35.5. The highest BCUT2D eigenvalue weighted by molar-refractivity contribution is 6.50. The van der Waals surface area contributed by atoms with Crippen LogP contribution < -0.4 is 4.90 Å². The zero-order valence-corrected chi connectivity index (χ0v) is 14.6. The summed E-state index contributed by atoms with van der Waals surface area (Å²) >= 11 is 6.33. The molecule has 24 heavy (non-hydrogen) atoms. The molecule has 0 amide bonds. The van der Waals surface area contributed by atoms with Crippen LogP contribution in [0.25, 0.3) is 22.6 Å². The molecular formula is C19H18ClN3O. The van der Waals surface area contributed by atoms with Gasteiger partial charge in [0.15, 0.2) is 0 Å². The number of aromatic nitrogens is 2. The van der Waals surface area contributed by atoms with Crippen LogP contribution in [0.2, 0.25) is 0 Å². The zero-order chi connectivity index (χ0) is 17.1.